The average molecular weight is 138 g/mol. The zero-order chi connectivity index (χ0) is 7.23. The zero-order valence-corrected chi connectivity index (χ0v) is 6.68. The van der Waals surface area contributed by atoms with Crippen LogP contribution in [0.3, 0.4) is 0 Å². The molecule has 0 aromatic carbocycles. The molecule has 0 unspecified atom stereocenters. The number of rotatable bonds is 1. The second-order valence-electron chi connectivity index (χ2n) is 3.30. The molecule has 1 rings (SSSR count). The first-order valence-corrected chi connectivity index (χ1v) is 4.48. The summed E-state index contributed by atoms with van der Waals surface area (Å²) < 4.78 is 0. The topological polar surface area (TPSA) is 26.0 Å². The van der Waals surface area contributed by atoms with E-state index in [0.29, 0.717) is 0 Å². The largest absolute Gasteiger partial charge is 0.374 e. The van der Waals surface area contributed by atoms with E-state index in [4.69, 9.17) is 5.64 Å². The third-order valence-corrected chi connectivity index (χ3v) is 2.42. The van der Waals surface area contributed by atoms with Crippen molar-refractivity contribution >= 4 is 7.41 Å². The summed E-state index contributed by atoms with van der Waals surface area (Å²) in [6.07, 6.45) is 9.72. The molecule has 1 saturated carbocycles. The van der Waals surface area contributed by atoms with Crippen LogP contribution < -0.4 is 5.64 Å². The van der Waals surface area contributed by atoms with Gasteiger partial charge in [-0.15, -0.1) is 0 Å². The Hall–Kier alpha value is 0.0249. The zero-order valence-electron chi connectivity index (χ0n) is 6.68. The number of hydrogen-bond donors (Lipinski definition) is 1. The maximum atomic E-state index is 5.50. The van der Waals surface area contributed by atoms with E-state index in [-0.39, 0.29) is 0 Å². The fraction of sp³-hybridized carbons (Fsp3) is 1.00. The molecular weight excluding hydrogens is 121 g/mol. The van der Waals surface area contributed by atoms with Gasteiger partial charge in [-0.1, -0.05) is 50.8 Å². The average Bonchev–Trinajstić information content (AvgIpc) is 1.87. The molecule has 2 heteroatoms. The van der Waals surface area contributed by atoms with E-state index < -0.39 is 0 Å². The quantitative estimate of drug-likeness (QED) is 0.551. The summed E-state index contributed by atoms with van der Waals surface area (Å²) in [6.45, 7) is 0. The molecule has 1 aliphatic carbocycles. The van der Waals surface area contributed by atoms with Gasteiger partial charge in [0.1, 0.15) is 0 Å². The third-order valence-electron chi connectivity index (χ3n) is 2.42. The predicted octanol–water partition coefficient (Wildman–Crippen LogP) is 2.10. The van der Waals surface area contributed by atoms with Gasteiger partial charge >= 0.3 is 0 Å². The normalized spacial score (nSPS) is 23.3. The molecule has 57 valence electrons. The first-order valence-electron chi connectivity index (χ1n) is 4.48. The van der Waals surface area contributed by atoms with Gasteiger partial charge < -0.3 is 5.64 Å². The number of hydrogen-bond acceptors (Lipinski definition) is 1. The lowest BCUT2D eigenvalue weighted by Gasteiger charge is -2.16. The van der Waals surface area contributed by atoms with Gasteiger partial charge in [-0.05, 0) is 0 Å². The van der Waals surface area contributed by atoms with E-state index in [9.17, 15) is 0 Å². The van der Waals surface area contributed by atoms with Gasteiger partial charge in [0, 0.05) is 0 Å². The molecule has 0 spiro atoms. The highest BCUT2D eigenvalue weighted by Crippen LogP contribution is 2.24. The summed E-state index contributed by atoms with van der Waals surface area (Å²) >= 11 is 0. The molecule has 0 amide bonds. The minimum atomic E-state index is 0.722. The molecule has 1 aliphatic rings. The first kappa shape index (κ1) is 8.12. The highest BCUT2D eigenvalue weighted by Gasteiger charge is 2.09. The van der Waals surface area contributed by atoms with Crippen molar-refractivity contribution in [3.63, 3.8) is 0 Å². The van der Waals surface area contributed by atoms with Crippen molar-refractivity contribution in [3.8, 4) is 0 Å². The fourth-order valence-corrected chi connectivity index (χ4v) is 1.68. The van der Waals surface area contributed by atoms with Gasteiger partial charge in [-0.3, -0.25) is 0 Å². The minimum absolute atomic E-state index is 0.722. The summed E-state index contributed by atoms with van der Waals surface area (Å²) in [6, 6.07) is 0. The van der Waals surface area contributed by atoms with E-state index >= 15 is 0 Å². The summed E-state index contributed by atoms with van der Waals surface area (Å²) in [5.74, 6) is 0.722. The standard InChI is InChI=1S/C8H17BN/c10-9-8-6-4-2-1-3-5-7-8/h8H,1-7,10H2. The highest BCUT2D eigenvalue weighted by molar-refractivity contribution is 6.33. The van der Waals surface area contributed by atoms with Crippen LogP contribution in [0.1, 0.15) is 44.9 Å². The van der Waals surface area contributed by atoms with Crippen LogP contribution >= 0.6 is 0 Å². The Morgan fingerprint density at radius 2 is 1.40 bits per heavy atom. The lowest BCUT2D eigenvalue weighted by molar-refractivity contribution is 0.501. The molecule has 2 N–H and O–H groups in total. The first-order chi connectivity index (χ1) is 4.93. The van der Waals surface area contributed by atoms with Crippen LogP contribution in [0.4, 0.5) is 0 Å². The molecule has 1 nitrogen and oxygen atoms in total. The maximum Gasteiger partial charge on any atom is 0.205 e. The van der Waals surface area contributed by atoms with Crippen LogP contribution in [0.2, 0.25) is 5.82 Å². The fourth-order valence-electron chi connectivity index (χ4n) is 1.68. The molecule has 0 saturated heterocycles. The second kappa shape index (κ2) is 4.78. The predicted molar refractivity (Wildman–Crippen MR) is 46.0 cm³/mol. The van der Waals surface area contributed by atoms with Gasteiger partial charge in [-0.25, -0.2) is 0 Å². The highest BCUT2D eigenvalue weighted by atomic mass is 14.4. The Bertz CT molecular complexity index is 77.3. The van der Waals surface area contributed by atoms with E-state index in [0.717, 1.165) is 5.82 Å². The van der Waals surface area contributed by atoms with Crippen molar-refractivity contribution in [2.45, 2.75) is 50.8 Å². The Balaban J connectivity index is 2.16. The van der Waals surface area contributed by atoms with Gasteiger partial charge in [-0.2, -0.15) is 0 Å². The molecule has 0 aliphatic heterocycles. The van der Waals surface area contributed by atoms with Crippen molar-refractivity contribution in [2.75, 3.05) is 0 Å². The van der Waals surface area contributed by atoms with Crippen LogP contribution in [0.25, 0.3) is 0 Å². The van der Waals surface area contributed by atoms with E-state index in [1.54, 1.807) is 0 Å². The SMILES string of the molecule is N[B]C1CCCCCCC1. The maximum absolute atomic E-state index is 5.50. The van der Waals surface area contributed by atoms with Crippen molar-refractivity contribution in [2.24, 2.45) is 5.64 Å². The second-order valence-corrected chi connectivity index (χ2v) is 3.30. The van der Waals surface area contributed by atoms with Crippen LogP contribution in [-0.4, -0.2) is 7.41 Å². The molecule has 0 atom stereocenters. The molecule has 1 fully saturated rings. The van der Waals surface area contributed by atoms with Crippen LogP contribution in [0, 0.1) is 0 Å². The Labute approximate surface area is 64.6 Å². The summed E-state index contributed by atoms with van der Waals surface area (Å²) in [5, 5.41) is 0. The van der Waals surface area contributed by atoms with Gasteiger partial charge in [0.2, 0.25) is 7.41 Å². The van der Waals surface area contributed by atoms with Crippen LogP contribution in [0.15, 0.2) is 0 Å². The molecule has 0 heterocycles. The monoisotopic (exact) mass is 138 g/mol. The van der Waals surface area contributed by atoms with E-state index in [2.05, 4.69) is 0 Å². The summed E-state index contributed by atoms with van der Waals surface area (Å²) in [4.78, 5) is 0. The Morgan fingerprint density at radius 3 is 1.90 bits per heavy atom. The van der Waals surface area contributed by atoms with E-state index in [1.807, 2.05) is 7.41 Å². The van der Waals surface area contributed by atoms with Gasteiger partial charge in [0.05, 0.1) is 0 Å². The smallest absolute Gasteiger partial charge is 0.205 e. The van der Waals surface area contributed by atoms with Crippen LogP contribution in [0.5, 0.6) is 0 Å². The van der Waals surface area contributed by atoms with Crippen molar-refractivity contribution in [1.82, 2.24) is 0 Å². The Kier molecular flexibility index (Phi) is 3.88. The van der Waals surface area contributed by atoms with Crippen LogP contribution in [-0.2, 0) is 0 Å². The molecule has 0 aromatic rings. The minimum Gasteiger partial charge on any atom is -0.374 e. The molecule has 0 bridgehead atoms. The van der Waals surface area contributed by atoms with Crippen molar-refractivity contribution < 1.29 is 0 Å². The number of nitrogens with two attached hydrogens (primary N) is 1. The molecule has 1 radical (unpaired) electrons. The summed E-state index contributed by atoms with van der Waals surface area (Å²) in [5.41, 5.74) is 5.50. The van der Waals surface area contributed by atoms with Crippen molar-refractivity contribution in [3.05, 3.63) is 0 Å². The third kappa shape index (κ3) is 2.74. The summed E-state index contributed by atoms with van der Waals surface area (Å²) in [7, 11) is 1.89. The molecular formula is C8H17BN. The van der Waals surface area contributed by atoms with Crippen molar-refractivity contribution in [1.29, 1.82) is 0 Å². The molecule has 0 aromatic heterocycles. The Morgan fingerprint density at radius 1 is 0.900 bits per heavy atom. The lowest BCUT2D eigenvalue weighted by Crippen LogP contribution is -2.14. The molecule has 10 heavy (non-hydrogen) atoms. The van der Waals surface area contributed by atoms with Gasteiger partial charge in [0.15, 0.2) is 0 Å². The van der Waals surface area contributed by atoms with E-state index in [1.165, 1.54) is 44.9 Å². The van der Waals surface area contributed by atoms with Gasteiger partial charge in [0.25, 0.3) is 0 Å². The lowest BCUT2D eigenvalue weighted by atomic mass is 9.70.